The molecule has 2 nitrogen and oxygen atoms in total. The van der Waals surface area contributed by atoms with Gasteiger partial charge in [0.15, 0.2) is 0 Å². The minimum atomic E-state index is -4.69. The van der Waals surface area contributed by atoms with E-state index >= 15 is 0 Å². The van der Waals surface area contributed by atoms with Crippen molar-refractivity contribution in [2.75, 3.05) is 0 Å². The molecule has 7 heteroatoms. The lowest BCUT2D eigenvalue weighted by molar-refractivity contribution is -0.274. The largest absolute Gasteiger partial charge is 0.573 e. The summed E-state index contributed by atoms with van der Waals surface area (Å²) in [6.07, 6.45) is -2.98. The molecule has 1 heterocycles. The molecule has 0 spiro atoms. The molecule has 3 aromatic rings. The molecule has 0 amide bonds. The molecule has 0 bridgehead atoms. The number of benzene rings is 3. The maximum absolute atomic E-state index is 12.3. The van der Waals surface area contributed by atoms with Gasteiger partial charge in [-0.25, -0.2) is 0 Å². The van der Waals surface area contributed by atoms with Crippen molar-refractivity contribution < 1.29 is 17.9 Å². The summed E-state index contributed by atoms with van der Waals surface area (Å²) in [4.78, 5) is 4.83. The zero-order valence-corrected chi connectivity index (χ0v) is 17.1. The second kappa shape index (κ2) is 8.32. The SMILES string of the molecule is FC(F)(F)Oc1ccc(-c2ccc(C3CCC(c4ccc(Cl)cc4Cl)=N3)cc2)cc1. The van der Waals surface area contributed by atoms with Gasteiger partial charge in [0.1, 0.15) is 5.75 Å². The molecule has 0 saturated heterocycles. The molecule has 1 unspecified atom stereocenters. The average molecular weight is 450 g/mol. The predicted molar refractivity (Wildman–Crippen MR) is 114 cm³/mol. The monoisotopic (exact) mass is 449 g/mol. The Balaban J connectivity index is 1.49. The van der Waals surface area contributed by atoms with E-state index in [4.69, 9.17) is 28.2 Å². The fourth-order valence-electron chi connectivity index (χ4n) is 3.51. The van der Waals surface area contributed by atoms with Crippen molar-refractivity contribution in [2.24, 2.45) is 4.99 Å². The average Bonchev–Trinajstić information content (AvgIpc) is 3.17. The third kappa shape index (κ3) is 4.79. The molecule has 1 aliphatic heterocycles. The minimum Gasteiger partial charge on any atom is -0.406 e. The van der Waals surface area contributed by atoms with Crippen LogP contribution in [0, 0.1) is 0 Å². The molecule has 0 N–H and O–H groups in total. The van der Waals surface area contributed by atoms with Crippen LogP contribution in [-0.2, 0) is 0 Å². The number of ether oxygens (including phenoxy) is 1. The third-order valence-corrected chi connectivity index (χ3v) is 5.47. The Kier molecular flexibility index (Phi) is 5.76. The van der Waals surface area contributed by atoms with Crippen LogP contribution >= 0.6 is 23.2 Å². The van der Waals surface area contributed by atoms with Crippen LogP contribution in [-0.4, -0.2) is 12.1 Å². The van der Waals surface area contributed by atoms with Crippen LogP contribution in [0.25, 0.3) is 11.1 Å². The molecule has 1 atom stereocenters. The van der Waals surface area contributed by atoms with Gasteiger partial charge in [-0.1, -0.05) is 65.7 Å². The highest BCUT2D eigenvalue weighted by Crippen LogP contribution is 2.34. The lowest BCUT2D eigenvalue weighted by Gasteiger charge is -2.10. The van der Waals surface area contributed by atoms with Gasteiger partial charge < -0.3 is 4.74 Å². The summed E-state index contributed by atoms with van der Waals surface area (Å²) in [5, 5.41) is 1.18. The zero-order chi connectivity index (χ0) is 21.3. The smallest absolute Gasteiger partial charge is 0.406 e. The van der Waals surface area contributed by atoms with E-state index in [1.807, 2.05) is 30.3 Å². The number of hydrogen-bond acceptors (Lipinski definition) is 2. The predicted octanol–water partition coefficient (Wildman–Crippen LogP) is 7.88. The number of halogens is 5. The van der Waals surface area contributed by atoms with E-state index in [2.05, 4.69) is 4.74 Å². The molecule has 0 aromatic heterocycles. The second-order valence-electron chi connectivity index (χ2n) is 6.95. The van der Waals surface area contributed by atoms with E-state index in [0.717, 1.165) is 40.8 Å². The van der Waals surface area contributed by atoms with Crippen molar-refractivity contribution in [3.63, 3.8) is 0 Å². The highest BCUT2D eigenvalue weighted by Gasteiger charge is 2.31. The Morgan fingerprint density at radius 2 is 1.50 bits per heavy atom. The summed E-state index contributed by atoms with van der Waals surface area (Å²) in [5.74, 6) is -0.239. The molecule has 0 saturated carbocycles. The fourth-order valence-corrected chi connectivity index (χ4v) is 4.02. The fraction of sp³-hybridized carbons (Fsp3) is 0.174. The van der Waals surface area contributed by atoms with E-state index < -0.39 is 6.36 Å². The summed E-state index contributed by atoms with van der Waals surface area (Å²) in [5.41, 5.74) is 4.66. The number of rotatable bonds is 4. The second-order valence-corrected chi connectivity index (χ2v) is 7.79. The molecule has 154 valence electrons. The van der Waals surface area contributed by atoms with Gasteiger partial charge in [-0.2, -0.15) is 0 Å². The number of aliphatic imine (C=N–C) groups is 1. The Morgan fingerprint density at radius 3 is 2.10 bits per heavy atom. The van der Waals surface area contributed by atoms with Crippen molar-refractivity contribution in [2.45, 2.75) is 25.2 Å². The summed E-state index contributed by atoms with van der Waals surface area (Å²) >= 11 is 12.3. The van der Waals surface area contributed by atoms with E-state index in [0.29, 0.717) is 10.0 Å². The Labute approximate surface area is 181 Å². The van der Waals surface area contributed by atoms with Crippen LogP contribution in [0.2, 0.25) is 10.0 Å². The van der Waals surface area contributed by atoms with Crippen molar-refractivity contribution in [3.05, 3.63) is 87.9 Å². The Bertz CT molecular complexity index is 1080. The first kappa shape index (κ1) is 20.8. The highest BCUT2D eigenvalue weighted by molar-refractivity contribution is 6.37. The first-order valence-electron chi connectivity index (χ1n) is 9.27. The van der Waals surface area contributed by atoms with Gasteiger partial charge in [0.2, 0.25) is 0 Å². The zero-order valence-electron chi connectivity index (χ0n) is 15.6. The van der Waals surface area contributed by atoms with Crippen LogP contribution in [0.3, 0.4) is 0 Å². The summed E-state index contributed by atoms with van der Waals surface area (Å²) in [6, 6.07) is 19.1. The van der Waals surface area contributed by atoms with Crippen molar-refractivity contribution in [1.82, 2.24) is 0 Å². The van der Waals surface area contributed by atoms with Crippen LogP contribution in [0.4, 0.5) is 13.2 Å². The molecular weight excluding hydrogens is 434 g/mol. The molecular formula is C23H16Cl2F3NO. The highest BCUT2D eigenvalue weighted by atomic mass is 35.5. The first-order chi connectivity index (χ1) is 14.3. The number of alkyl halides is 3. The van der Waals surface area contributed by atoms with Crippen LogP contribution in [0.5, 0.6) is 5.75 Å². The van der Waals surface area contributed by atoms with Crippen LogP contribution in [0.1, 0.15) is 30.0 Å². The molecule has 0 fully saturated rings. The normalized spacial score (nSPS) is 16.4. The van der Waals surface area contributed by atoms with Gasteiger partial charge in [-0.3, -0.25) is 4.99 Å². The summed E-state index contributed by atoms with van der Waals surface area (Å²) in [6.45, 7) is 0. The van der Waals surface area contributed by atoms with Crippen molar-refractivity contribution in [3.8, 4) is 16.9 Å². The van der Waals surface area contributed by atoms with E-state index in [1.165, 1.54) is 12.1 Å². The van der Waals surface area contributed by atoms with Crippen LogP contribution in [0.15, 0.2) is 71.7 Å². The topological polar surface area (TPSA) is 21.6 Å². The summed E-state index contributed by atoms with van der Waals surface area (Å²) in [7, 11) is 0. The number of hydrogen-bond donors (Lipinski definition) is 0. The Hall–Kier alpha value is -2.50. The molecule has 4 rings (SSSR count). The molecule has 0 aliphatic carbocycles. The maximum atomic E-state index is 12.3. The van der Waals surface area contributed by atoms with E-state index in [1.54, 1.807) is 24.3 Å². The molecule has 1 aliphatic rings. The Morgan fingerprint density at radius 1 is 0.867 bits per heavy atom. The molecule has 3 aromatic carbocycles. The first-order valence-corrected chi connectivity index (χ1v) is 10.0. The minimum absolute atomic E-state index is 0.0448. The van der Waals surface area contributed by atoms with Gasteiger partial charge in [0.25, 0.3) is 0 Å². The van der Waals surface area contributed by atoms with Crippen molar-refractivity contribution in [1.29, 1.82) is 0 Å². The van der Waals surface area contributed by atoms with Gasteiger partial charge >= 0.3 is 6.36 Å². The molecule has 0 radical (unpaired) electrons. The lowest BCUT2D eigenvalue weighted by Crippen LogP contribution is -2.16. The third-order valence-electron chi connectivity index (χ3n) is 4.92. The van der Waals surface area contributed by atoms with E-state index in [9.17, 15) is 13.2 Å². The van der Waals surface area contributed by atoms with Crippen molar-refractivity contribution >= 4 is 28.9 Å². The standard InChI is InChI=1S/C23H16Cl2F3NO/c24-17-7-10-19(20(25)13-17)22-12-11-21(29-22)16-3-1-14(2-4-16)15-5-8-18(9-6-15)30-23(26,27)28/h1-10,13,21H,11-12H2. The van der Waals surface area contributed by atoms with Gasteiger partial charge in [0, 0.05) is 16.3 Å². The lowest BCUT2D eigenvalue weighted by atomic mass is 9.99. The quantitative estimate of drug-likeness (QED) is 0.396. The van der Waals surface area contributed by atoms with Gasteiger partial charge in [-0.15, -0.1) is 13.2 Å². The maximum Gasteiger partial charge on any atom is 0.573 e. The number of nitrogens with zero attached hydrogens (tertiary/aromatic N) is 1. The van der Waals surface area contributed by atoms with Gasteiger partial charge in [-0.05, 0) is 53.8 Å². The van der Waals surface area contributed by atoms with Gasteiger partial charge in [0.05, 0.1) is 11.1 Å². The van der Waals surface area contributed by atoms with E-state index in [-0.39, 0.29) is 11.8 Å². The van der Waals surface area contributed by atoms with Crippen LogP contribution < -0.4 is 4.74 Å². The molecule has 30 heavy (non-hydrogen) atoms. The summed E-state index contributed by atoms with van der Waals surface area (Å²) < 4.78 is 40.8.